The Morgan fingerprint density at radius 2 is 1.81 bits per heavy atom. The summed E-state index contributed by atoms with van der Waals surface area (Å²) < 4.78 is 10.1. The van der Waals surface area contributed by atoms with Crippen molar-refractivity contribution in [2.75, 3.05) is 6.54 Å². The molecule has 0 aromatic heterocycles. The molecule has 26 heavy (non-hydrogen) atoms. The molecule has 0 saturated heterocycles. The Balaban J connectivity index is 2.17. The van der Waals surface area contributed by atoms with Gasteiger partial charge in [-0.25, -0.2) is 4.79 Å². The van der Waals surface area contributed by atoms with E-state index in [1.807, 2.05) is 30.3 Å². The van der Waals surface area contributed by atoms with E-state index in [4.69, 9.17) is 9.47 Å². The molecule has 0 radical (unpaired) electrons. The smallest absolute Gasteiger partial charge is 0.407 e. The molecule has 1 amide bonds. The maximum atomic E-state index is 11.7. The number of alkyl carbamates (subject to hydrolysis) is 1. The summed E-state index contributed by atoms with van der Waals surface area (Å²) in [6.45, 7) is 5.46. The summed E-state index contributed by atoms with van der Waals surface area (Å²) in [5.41, 5.74) is 0.218. The zero-order valence-electron chi connectivity index (χ0n) is 15.5. The zero-order valence-corrected chi connectivity index (χ0v) is 15.5. The van der Waals surface area contributed by atoms with Gasteiger partial charge in [-0.2, -0.15) is 0 Å². The topological polar surface area (TPSA) is 102 Å². The minimum absolute atomic E-state index is 0.156. The van der Waals surface area contributed by atoms with Crippen LogP contribution in [0.3, 0.4) is 0 Å². The van der Waals surface area contributed by atoms with Gasteiger partial charge in [-0.05, 0) is 32.8 Å². The highest BCUT2D eigenvalue weighted by Gasteiger charge is 2.20. The Bertz CT molecular complexity index is 594. The number of hydrogen-bond acceptors (Lipinski definition) is 6. The van der Waals surface area contributed by atoms with Crippen LogP contribution < -0.4 is 5.32 Å². The average Bonchev–Trinajstić information content (AvgIpc) is 2.51. The normalized spacial score (nSPS) is 12.2. The van der Waals surface area contributed by atoms with Crippen molar-refractivity contribution in [3.8, 4) is 0 Å². The van der Waals surface area contributed by atoms with E-state index in [0.717, 1.165) is 5.56 Å². The van der Waals surface area contributed by atoms with Crippen LogP contribution in [0.2, 0.25) is 0 Å². The molecule has 144 valence electrons. The van der Waals surface area contributed by atoms with Crippen LogP contribution in [-0.4, -0.2) is 41.2 Å². The molecule has 0 aliphatic carbocycles. The van der Waals surface area contributed by atoms with E-state index in [1.165, 1.54) is 0 Å². The lowest BCUT2D eigenvalue weighted by Gasteiger charge is -2.19. The number of carbonyl (C=O) groups is 3. The summed E-state index contributed by atoms with van der Waals surface area (Å²) in [5.74, 6) is -1.02. The molecule has 7 nitrogen and oxygen atoms in total. The summed E-state index contributed by atoms with van der Waals surface area (Å²) in [6.07, 6.45) is -1.90. The van der Waals surface area contributed by atoms with Crippen molar-refractivity contribution in [3.05, 3.63) is 35.9 Å². The van der Waals surface area contributed by atoms with E-state index in [-0.39, 0.29) is 32.4 Å². The molecule has 7 heteroatoms. The van der Waals surface area contributed by atoms with Crippen molar-refractivity contribution in [1.82, 2.24) is 5.32 Å². The molecule has 1 aromatic carbocycles. The van der Waals surface area contributed by atoms with Crippen molar-refractivity contribution in [3.63, 3.8) is 0 Å². The Kier molecular flexibility index (Phi) is 8.78. The number of ketones is 1. The molecule has 2 N–H and O–H groups in total. The van der Waals surface area contributed by atoms with Gasteiger partial charge in [0.25, 0.3) is 0 Å². The Morgan fingerprint density at radius 3 is 2.42 bits per heavy atom. The molecule has 0 saturated carbocycles. The zero-order chi connectivity index (χ0) is 19.6. The third kappa shape index (κ3) is 10.5. The lowest BCUT2D eigenvalue weighted by Crippen LogP contribution is -2.29. The molecular formula is C19H27NO6. The van der Waals surface area contributed by atoms with Crippen LogP contribution in [0.25, 0.3) is 0 Å². The van der Waals surface area contributed by atoms with Gasteiger partial charge in [0.15, 0.2) is 0 Å². The molecular weight excluding hydrogens is 338 g/mol. The number of rotatable bonds is 9. The molecule has 0 bridgehead atoms. The van der Waals surface area contributed by atoms with Crippen molar-refractivity contribution < 1.29 is 29.0 Å². The molecule has 1 rings (SSSR count). The lowest BCUT2D eigenvalue weighted by molar-refractivity contribution is -0.156. The van der Waals surface area contributed by atoms with Crippen molar-refractivity contribution in [2.45, 2.75) is 58.3 Å². The number of benzene rings is 1. The predicted molar refractivity (Wildman–Crippen MR) is 95.3 cm³/mol. The molecule has 0 spiro atoms. The second kappa shape index (κ2) is 10.6. The first kappa shape index (κ1) is 21.6. The summed E-state index contributed by atoms with van der Waals surface area (Å²) in [4.78, 5) is 34.8. The van der Waals surface area contributed by atoms with Gasteiger partial charge in [-0.15, -0.1) is 0 Å². The Hall–Kier alpha value is -2.41. The highest BCUT2D eigenvalue weighted by atomic mass is 16.6. The second-order valence-corrected chi connectivity index (χ2v) is 6.94. The third-order valence-electron chi connectivity index (χ3n) is 3.18. The fraction of sp³-hybridized carbons (Fsp3) is 0.526. The predicted octanol–water partition coefficient (Wildman–Crippen LogP) is 2.35. The number of Topliss-reactive ketones (excluding diaryl/α,β-unsaturated/α-hetero) is 1. The summed E-state index contributed by atoms with van der Waals surface area (Å²) in [6, 6.07) is 9.25. The van der Waals surface area contributed by atoms with Crippen molar-refractivity contribution >= 4 is 17.8 Å². The van der Waals surface area contributed by atoms with Gasteiger partial charge in [0.05, 0.1) is 6.10 Å². The first-order valence-electron chi connectivity index (χ1n) is 8.52. The molecule has 0 unspecified atom stereocenters. The molecule has 0 aliphatic heterocycles. The van der Waals surface area contributed by atoms with E-state index >= 15 is 0 Å². The van der Waals surface area contributed by atoms with Gasteiger partial charge < -0.3 is 19.9 Å². The number of carbonyl (C=O) groups excluding carboxylic acids is 3. The van der Waals surface area contributed by atoms with E-state index < -0.39 is 29.6 Å². The number of hydrogen-bond donors (Lipinski definition) is 2. The highest BCUT2D eigenvalue weighted by molar-refractivity contribution is 5.95. The minimum atomic E-state index is -0.945. The second-order valence-electron chi connectivity index (χ2n) is 6.94. The third-order valence-corrected chi connectivity index (χ3v) is 3.18. The molecule has 1 aromatic rings. The maximum absolute atomic E-state index is 11.7. The number of aliphatic hydroxyl groups is 1. The Labute approximate surface area is 153 Å². The number of nitrogens with one attached hydrogen (secondary N) is 1. The van der Waals surface area contributed by atoms with Crippen molar-refractivity contribution in [1.29, 1.82) is 0 Å². The van der Waals surface area contributed by atoms with Crippen LogP contribution >= 0.6 is 0 Å². The first-order valence-corrected chi connectivity index (χ1v) is 8.52. The highest BCUT2D eigenvalue weighted by Crippen LogP contribution is 2.10. The van der Waals surface area contributed by atoms with Crippen LogP contribution in [-0.2, 0) is 25.7 Å². The van der Waals surface area contributed by atoms with Gasteiger partial charge in [0.2, 0.25) is 0 Å². The van der Waals surface area contributed by atoms with Gasteiger partial charge in [0.1, 0.15) is 24.4 Å². The summed E-state index contributed by atoms with van der Waals surface area (Å²) >= 11 is 0. The summed E-state index contributed by atoms with van der Waals surface area (Å²) in [7, 11) is 0. The molecule has 0 fully saturated rings. The van der Waals surface area contributed by atoms with Gasteiger partial charge in [-0.1, -0.05) is 30.3 Å². The number of ether oxygens (including phenoxy) is 2. The lowest BCUT2D eigenvalue weighted by atomic mass is 10.1. The van der Waals surface area contributed by atoms with Crippen LogP contribution in [0.4, 0.5) is 4.79 Å². The van der Waals surface area contributed by atoms with Gasteiger partial charge in [-0.3, -0.25) is 9.59 Å². The largest absolute Gasteiger partial charge is 0.460 e. The Morgan fingerprint density at radius 1 is 1.15 bits per heavy atom. The average molecular weight is 365 g/mol. The van der Waals surface area contributed by atoms with E-state index in [9.17, 15) is 19.5 Å². The number of aliphatic hydroxyl groups excluding tert-OH is 1. The van der Waals surface area contributed by atoms with Crippen molar-refractivity contribution in [2.24, 2.45) is 0 Å². The number of esters is 1. The SMILES string of the molecule is CC(C)(C)OC(=O)CC(=O)C[C@H](O)CCNC(=O)OCc1ccccc1. The fourth-order valence-corrected chi connectivity index (χ4v) is 2.09. The monoisotopic (exact) mass is 365 g/mol. The first-order chi connectivity index (χ1) is 12.2. The van der Waals surface area contributed by atoms with E-state index in [0.29, 0.717) is 0 Å². The van der Waals surface area contributed by atoms with Crippen LogP contribution in [0.15, 0.2) is 30.3 Å². The molecule has 0 heterocycles. The minimum Gasteiger partial charge on any atom is -0.460 e. The number of amides is 1. The van der Waals surface area contributed by atoms with Gasteiger partial charge in [0, 0.05) is 13.0 Å². The molecule has 0 aliphatic rings. The van der Waals surface area contributed by atoms with Crippen LogP contribution in [0.1, 0.15) is 45.6 Å². The van der Waals surface area contributed by atoms with E-state index in [1.54, 1.807) is 20.8 Å². The quantitative estimate of drug-likeness (QED) is 0.514. The fourth-order valence-electron chi connectivity index (χ4n) is 2.09. The standard InChI is InChI=1S/C19H27NO6/c1-19(2,3)26-17(23)12-16(22)11-15(21)9-10-20-18(24)25-13-14-7-5-4-6-8-14/h4-8,15,21H,9-13H2,1-3H3,(H,20,24)/t15-/m1/s1. The maximum Gasteiger partial charge on any atom is 0.407 e. The van der Waals surface area contributed by atoms with E-state index in [2.05, 4.69) is 5.32 Å². The van der Waals surface area contributed by atoms with Crippen LogP contribution in [0, 0.1) is 0 Å². The van der Waals surface area contributed by atoms with Gasteiger partial charge >= 0.3 is 12.1 Å². The summed E-state index contributed by atoms with van der Waals surface area (Å²) in [5, 5.41) is 12.3. The van der Waals surface area contributed by atoms with Crippen LogP contribution in [0.5, 0.6) is 0 Å². The molecule has 1 atom stereocenters.